The molecular formula is C15H22BrNO2. The van der Waals surface area contributed by atoms with Gasteiger partial charge in [0, 0.05) is 23.7 Å². The molecule has 0 aliphatic heterocycles. The number of ether oxygens (including phenoxy) is 1. The number of benzene rings is 1. The van der Waals surface area contributed by atoms with Crippen LogP contribution in [0.5, 0.6) is 5.75 Å². The predicted molar refractivity (Wildman–Crippen MR) is 80.4 cm³/mol. The Labute approximate surface area is 123 Å². The van der Waals surface area contributed by atoms with Gasteiger partial charge in [-0.05, 0) is 55.9 Å². The quantitative estimate of drug-likeness (QED) is 0.684. The molecule has 0 aromatic heterocycles. The second-order valence-electron chi connectivity index (χ2n) is 5.04. The molecule has 0 spiro atoms. The van der Waals surface area contributed by atoms with E-state index in [1.807, 2.05) is 12.1 Å². The highest BCUT2D eigenvalue weighted by Gasteiger charge is 2.20. The fraction of sp³-hybridized carbons (Fsp3) is 0.600. The summed E-state index contributed by atoms with van der Waals surface area (Å²) in [5.41, 5.74) is 1.25. The highest BCUT2D eigenvalue weighted by Crippen LogP contribution is 2.25. The maximum absolute atomic E-state index is 8.71. The minimum Gasteiger partial charge on any atom is -0.494 e. The van der Waals surface area contributed by atoms with Crippen LogP contribution >= 0.6 is 15.9 Å². The monoisotopic (exact) mass is 327 g/mol. The van der Waals surface area contributed by atoms with Crippen molar-refractivity contribution in [3.8, 4) is 5.75 Å². The summed E-state index contributed by atoms with van der Waals surface area (Å²) in [5, 5.41) is 12.2. The summed E-state index contributed by atoms with van der Waals surface area (Å²) in [7, 11) is 0. The smallest absolute Gasteiger partial charge is 0.119 e. The van der Waals surface area contributed by atoms with E-state index in [1.165, 1.54) is 18.4 Å². The second-order valence-corrected chi connectivity index (χ2v) is 5.90. The first-order chi connectivity index (χ1) is 9.29. The third-order valence-electron chi connectivity index (χ3n) is 3.25. The van der Waals surface area contributed by atoms with Crippen LogP contribution in [-0.4, -0.2) is 24.4 Å². The number of nitrogens with one attached hydrogen (secondary N) is 1. The van der Waals surface area contributed by atoms with Gasteiger partial charge in [-0.1, -0.05) is 15.9 Å². The molecule has 1 aliphatic carbocycles. The molecule has 0 heterocycles. The SMILES string of the molecule is OCCCCCOc1ccc(Br)c(CNC2CC2)c1. The molecule has 0 radical (unpaired) electrons. The average Bonchev–Trinajstić information content (AvgIpc) is 3.23. The van der Waals surface area contributed by atoms with Crippen LogP contribution in [0.25, 0.3) is 0 Å². The van der Waals surface area contributed by atoms with E-state index >= 15 is 0 Å². The van der Waals surface area contributed by atoms with E-state index in [4.69, 9.17) is 9.84 Å². The average molecular weight is 328 g/mol. The molecule has 1 fully saturated rings. The van der Waals surface area contributed by atoms with E-state index in [2.05, 4.69) is 27.3 Å². The van der Waals surface area contributed by atoms with Gasteiger partial charge < -0.3 is 15.2 Å². The lowest BCUT2D eigenvalue weighted by Gasteiger charge is -2.10. The summed E-state index contributed by atoms with van der Waals surface area (Å²) in [6, 6.07) is 6.87. The van der Waals surface area contributed by atoms with Crippen LogP contribution in [0.4, 0.5) is 0 Å². The van der Waals surface area contributed by atoms with Gasteiger partial charge >= 0.3 is 0 Å². The number of aliphatic hydroxyl groups is 1. The van der Waals surface area contributed by atoms with Gasteiger partial charge in [-0.25, -0.2) is 0 Å². The molecule has 1 saturated carbocycles. The topological polar surface area (TPSA) is 41.5 Å². The number of hydrogen-bond acceptors (Lipinski definition) is 3. The zero-order chi connectivity index (χ0) is 13.5. The Hall–Kier alpha value is -0.580. The van der Waals surface area contributed by atoms with Crippen molar-refractivity contribution in [2.24, 2.45) is 0 Å². The van der Waals surface area contributed by atoms with Gasteiger partial charge in [0.1, 0.15) is 5.75 Å². The van der Waals surface area contributed by atoms with Crippen molar-refractivity contribution in [1.29, 1.82) is 0 Å². The number of hydrogen-bond donors (Lipinski definition) is 2. The fourth-order valence-electron chi connectivity index (χ4n) is 1.90. The van der Waals surface area contributed by atoms with Crippen molar-refractivity contribution >= 4 is 15.9 Å². The van der Waals surface area contributed by atoms with Crippen LogP contribution in [0.1, 0.15) is 37.7 Å². The minimum absolute atomic E-state index is 0.273. The molecular weight excluding hydrogens is 306 g/mol. The lowest BCUT2D eigenvalue weighted by atomic mass is 10.2. The minimum atomic E-state index is 0.273. The normalized spacial score (nSPS) is 14.6. The van der Waals surface area contributed by atoms with Gasteiger partial charge in [0.05, 0.1) is 6.61 Å². The van der Waals surface area contributed by atoms with Gasteiger partial charge in [0.2, 0.25) is 0 Å². The Morgan fingerprint density at radius 2 is 2.11 bits per heavy atom. The Balaban J connectivity index is 1.77. The summed E-state index contributed by atoms with van der Waals surface area (Å²) >= 11 is 3.58. The third-order valence-corrected chi connectivity index (χ3v) is 4.02. The lowest BCUT2D eigenvalue weighted by molar-refractivity contribution is 0.266. The first-order valence-corrected chi connectivity index (χ1v) is 7.84. The molecule has 106 valence electrons. The molecule has 19 heavy (non-hydrogen) atoms. The Morgan fingerprint density at radius 3 is 2.84 bits per heavy atom. The van der Waals surface area contributed by atoms with Crippen molar-refractivity contribution in [2.75, 3.05) is 13.2 Å². The number of unbranched alkanes of at least 4 members (excludes halogenated alkanes) is 2. The van der Waals surface area contributed by atoms with E-state index in [9.17, 15) is 0 Å². The van der Waals surface area contributed by atoms with Crippen molar-refractivity contribution in [3.63, 3.8) is 0 Å². The van der Waals surface area contributed by atoms with Crippen LogP contribution in [0.2, 0.25) is 0 Å². The summed E-state index contributed by atoms with van der Waals surface area (Å²) in [5.74, 6) is 0.930. The van der Waals surface area contributed by atoms with Gasteiger partial charge in [0.15, 0.2) is 0 Å². The van der Waals surface area contributed by atoms with Crippen LogP contribution < -0.4 is 10.1 Å². The van der Waals surface area contributed by atoms with E-state index in [0.29, 0.717) is 0 Å². The van der Waals surface area contributed by atoms with Crippen molar-refractivity contribution in [2.45, 2.75) is 44.7 Å². The van der Waals surface area contributed by atoms with Crippen LogP contribution in [0, 0.1) is 0 Å². The van der Waals surface area contributed by atoms with Gasteiger partial charge in [-0.2, -0.15) is 0 Å². The van der Waals surface area contributed by atoms with Crippen LogP contribution in [0.15, 0.2) is 22.7 Å². The summed E-state index contributed by atoms with van der Waals surface area (Å²) < 4.78 is 6.87. The Bertz CT molecular complexity index is 394. The standard InChI is InChI=1S/C15H22BrNO2/c16-15-7-6-14(19-9-3-1-2-8-18)10-12(15)11-17-13-4-5-13/h6-7,10,13,17-18H,1-5,8-9,11H2. The maximum Gasteiger partial charge on any atom is 0.119 e. The first kappa shape index (κ1) is 14.8. The van der Waals surface area contributed by atoms with E-state index in [1.54, 1.807) is 0 Å². The molecule has 0 amide bonds. The predicted octanol–water partition coefficient (Wildman–Crippen LogP) is 3.24. The fourth-order valence-corrected chi connectivity index (χ4v) is 2.29. The summed E-state index contributed by atoms with van der Waals surface area (Å²) in [6.07, 6.45) is 5.48. The van der Waals surface area contributed by atoms with Crippen LogP contribution in [-0.2, 0) is 6.54 Å². The zero-order valence-corrected chi connectivity index (χ0v) is 12.8. The highest BCUT2D eigenvalue weighted by molar-refractivity contribution is 9.10. The molecule has 0 atom stereocenters. The van der Waals surface area contributed by atoms with Gasteiger partial charge in [0.25, 0.3) is 0 Å². The van der Waals surface area contributed by atoms with Crippen LogP contribution in [0.3, 0.4) is 0 Å². The molecule has 0 unspecified atom stereocenters. The van der Waals surface area contributed by atoms with E-state index < -0.39 is 0 Å². The van der Waals surface area contributed by atoms with Gasteiger partial charge in [-0.3, -0.25) is 0 Å². The molecule has 2 rings (SSSR count). The van der Waals surface area contributed by atoms with Crippen molar-refractivity contribution in [3.05, 3.63) is 28.2 Å². The molecule has 3 nitrogen and oxygen atoms in total. The zero-order valence-electron chi connectivity index (χ0n) is 11.2. The van der Waals surface area contributed by atoms with E-state index in [0.717, 1.165) is 48.7 Å². The molecule has 0 bridgehead atoms. The van der Waals surface area contributed by atoms with E-state index in [-0.39, 0.29) is 6.61 Å². The molecule has 1 aromatic carbocycles. The second kappa shape index (κ2) is 7.88. The molecule has 1 aromatic rings. The summed E-state index contributed by atoms with van der Waals surface area (Å²) in [6.45, 7) is 1.89. The first-order valence-electron chi connectivity index (χ1n) is 7.05. The molecule has 0 saturated heterocycles. The number of rotatable bonds is 9. The van der Waals surface area contributed by atoms with Gasteiger partial charge in [-0.15, -0.1) is 0 Å². The van der Waals surface area contributed by atoms with Crippen molar-refractivity contribution < 1.29 is 9.84 Å². The Morgan fingerprint density at radius 1 is 1.26 bits per heavy atom. The number of aliphatic hydroxyl groups excluding tert-OH is 1. The lowest BCUT2D eigenvalue weighted by Crippen LogP contribution is -2.15. The Kier molecular flexibility index (Phi) is 6.14. The maximum atomic E-state index is 8.71. The summed E-state index contributed by atoms with van der Waals surface area (Å²) in [4.78, 5) is 0. The third kappa shape index (κ3) is 5.51. The molecule has 4 heteroatoms. The number of halogens is 1. The largest absolute Gasteiger partial charge is 0.494 e. The highest BCUT2D eigenvalue weighted by atomic mass is 79.9. The molecule has 2 N–H and O–H groups in total. The molecule has 1 aliphatic rings. The van der Waals surface area contributed by atoms with Crippen molar-refractivity contribution in [1.82, 2.24) is 5.32 Å².